The van der Waals surface area contributed by atoms with Crippen molar-refractivity contribution in [1.82, 2.24) is 25.8 Å². The number of aliphatic imine (C=N–C) groups is 1. The molecule has 0 aliphatic carbocycles. The van der Waals surface area contributed by atoms with E-state index in [2.05, 4.69) is 35.5 Å². The normalized spacial score (nSPS) is 11.6. The standard InChI is InChI=1S/C19H22F2N6O3/c1-3-22-19(24-11-16-25-17(27-26-16)15-5-4-8-29-15)23-10-12-9-13(28-2)6-7-14(12)30-18(20)21/h4-9,18H,3,10-11H2,1-2H3,(H2,22,23,24)(H,25,26,27). The Morgan fingerprint density at radius 2 is 2.17 bits per heavy atom. The molecule has 0 atom stereocenters. The maximum Gasteiger partial charge on any atom is 0.387 e. The monoisotopic (exact) mass is 420 g/mol. The van der Waals surface area contributed by atoms with Gasteiger partial charge >= 0.3 is 6.61 Å². The summed E-state index contributed by atoms with van der Waals surface area (Å²) in [5.74, 6) is 2.62. The highest BCUT2D eigenvalue weighted by molar-refractivity contribution is 5.79. The largest absolute Gasteiger partial charge is 0.497 e. The molecule has 0 bridgehead atoms. The van der Waals surface area contributed by atoms with Gasteiger partial charge in [-0.25, -0.2) is 9.98 Å². The number of furan rings is 1. The van der Waals surface area contributed by atoms with Crippen LogP contribution in [-0.2, 0) is 13.1 Å². The topological polar surface area (TPSA) is 110 Å². The van der Waals surface area contributed by atoms with Gasteiger partial charge in [-0.1, -0.05) is 0 Å². The van der Waals surface area contributed by atoms with Gasteiger partial charge in [-0.2, -0.15) is 8.78 Å². The smallest absolute Gasteiger partial charge is 0.387 e. The molecule has 0 radical (unpaired) electrons. The highest BCUT2D eigenvalue weighted by atomic mass is 19.3. The molecule has 30 heavy (non-hydrogen) atoms. The molecule has 160 valence electrons. The average molecular weight is 420 g/mol. The molecule has 3 aromatic rings. The van der Waals surface area contributed by atoms with Gasteiger partial charge in [-0.15, -0.1) is 5.10 Å². The first kappa shape index (κ1) is 21.1. The number of aromatic nitrogens is 3. The molecule has 0 aliphatic rings. The molecule has 2 aromatic heterocycles. The fourth-order valence-electron chi connectivity index (χ4n) is 2.58. The van der Waals surface area contributed by atoms with E-state index in [0.717, 1.165) is 0 Å². The van der Waals surface area contributed by atoms with Crippen molar-refractivity contribution in [2.24, 2.45) is 4.99 Å². The molecule has 0 saturated carbocycles. The number of rotatable bonds is 9. The average Bonchev–Trinajstić information content (AvgIpc) is 3.42. The van der Waals surface area contributed by atoms with Crippen molar-refractivity contribution in [2.45, 2.75) is 26.6 Å². The molecule has 11 heteroatoms. The van der Waals surface area contributed by atoms with Crippen LogP contribution in [0.2, 0.25) is 0 Å². The van der Waals surface area contributed by atoms with E-state index in [9.17, 15) is 8.78 Å². The van der Waals surface area contributed by atoms with Gasteiger partial charge in [0.2, 0.25) is 5.82 Å². The zero-order chi connectivity index (χ0) is 21.3. The Morgan fingerprint density at radius 1 is 1.30 bits per heavy atom. The quantitative estimate of drug-likeness (QED) is 0.361. The molecule has 2 heterocycles. The Labute approximate surface area is 171 Å². The Balaban J connectivity index is 1.69. The van der Waals surface area contributed by atoms with Gasteiger partial charge in [0, 0.05) is 12.1 Å². The molecule has 0 unspecified atom stereocenters. The molecule has 9 nitrogen and oxygen atoms in total. The van der Waals surface area contributed by atoms with Gasteiger partial charge in [0.15, 0.2) is 11.7 Å². The molecule has 0 aliphatic heterocycles. The number of alkyl halides is 2. The summed E-state index contributed by atoms with van der Waals surface area (Å²) >= 11 is 0. The number of halogens is 2. The Bertz CT molecular complexity index is 959. The molecule has 3 N–H and O–H groups in total. The Kier molecular flexibility index (Phi) is 7.19. The van der Waals surface area contributed by atoms with E-state index in [1.165, 1.54) is 13.2 Å². The minimum absolute atomic E-state index is 0.0451. The van der Waals surface area contributed by atoms with E-state index in [0.29, 0.717) is 47.8 Å². The van der Waals surface area contributed by atoms with Crippen molar-refractivity contribution in [2.75, 3.05) is 13.7 Å². The molecule has 0 saturated heterocycles. The maximum atomic E-state index is 12.7. The van der Waals surface area contributed by atoms with E-state index in [-0.39, 0.29) is 12.3 Å². The third-order valence-corrected chi connectivity index (χ3v) is 3.93. The van der Waals surface area contributed by atoms with Crippen LogP contribution < -0.4 is 20.1 Å². The SMILES string of the molecule is CCNC(=NCc1cc(OC)ccc1OC(F)F)NCc1nc(-c2ccco2)n[nH]1. The number of H-pyrrole nitrogens is 1. The lowest BCUT2D eigenvalue weighted by Crippen LogP contribution is -2.37. The van der Waals surface area contributed by atoms with Crippen molar-refractivity contribution < 1.29 is 22.7 Å². The molecule has 3 rings (SSSR count). The second-order valence-electron chi connectivity index (χ2n) is 5.98. The molecule has 0 fully saturated rings. The van der Waals surface area contributed by atoms with Gasteiger partial charge in [0.1, 0.15) is 17.3 Å². The highest BCUT2D eigenvalue weighted by Gasteiger charge is 2.12. The summed E-state index contributed by atoms with van der Waals surface area (Å²) in [6.07, 6.45) is 1.55. The number of benzene rings is 1. The van der Waals surface area contributed by atoms with Crippen LogP contribution in [0.5, 0.6) is 11.5 Å². The first-order valence-electron chi connectivity index (χ1n) is 9.18. The Morgan fingerprint density at radius 3 is 2.87 bits per heavy atom. The predicted molar refractivity (Wildman–Crippen MR) is 105 cm³/mol. The zero-order valence-electron chi connectivity index (χ0n) is 16.5. The van der Waals surface area contributed by atoms with Gasteiger partial charge in [0.25, 0.3) is 0 Å². The summed E-state index contributed by atoms with van der Waals surface area (Å²) in [5, 5.41) is 13.1. The molecular formula is C19H22F2N6O3. The zero-order valence-corrected chi connectivity index (χ0v) is 16.5. The van der Waals surface area contributed by atoms with Crippen molar-refractivity contribution >= 4 is 5.96 Å². The maximum absolute atomic E-state index is 12.7. The van der Waals surface area contributed by atoms with Gasteiger partial charge in [-0.05, 0) is 37.3 Å². The van der Waals surface area contributed by atoms with Crippen molar-refractivity contribution in [1.29, 1.82) is 0 Å². The van der Waals surface area contributed by atoms with E-state index in [1.54, 1.807) is 30.5 Å². The minimum Gasteiger partial charge on any atom is -0.497 e. The van der Waals surface area contributed by atoms with E-state index < -0.39 is 6.61 Å². The van der Waals surface area contributed by atoms with Crippen LogP contribution in [0.4, 0.5) is 8.78 Å². The lowest BCUT2D eigenvalue weighted by Gasteiger charge is -2.13. The van der Waals surface area contributed by atoms with E-state index >= 15 is 0 Å². The minimum atomic E-state index is -2.93. The first-order chi connectivity index (χ1) is 14.6. The number of hydrogen-bond donors (Lipinski definition) is 3. The van der Waals surface area contributed by atoms with Crippen LogP contribution in [0.25, 0.3) is 11.6 Å². The van der Waals surface area contributed by atoms with E-state index in [1.807, 2.05) is 6.92 Å². The van der Waals surface area contributed by atoms with Crippen molar-refractivity contribution in [3.05, 3.63) is 48.0 Å². The molecule has 0 spiro atoms. The van der Waals surface area contributed by atoms with Crippen LogP contribution >= 0.6 is 0 Å². The Hall–Kier alpha value is -3.63. The lowest BCUT2D eigenvalue weighted by molar-refractivity contribution is -0.0504. The van der Waals surface area contributed by atoms with Crippen LogP contribution in [0.15, 0.2) is 46.0 Å². The third-order valence-electron chi connectivity index (χ3n) is 3.93. The van der Waals surface area contributed by atoms with Crippen LogP contribution in [0, 0.1) is 0 Å². The second-order valence-corrected chi connectivity index (χ2v) is 5.98. The van der Waals surface area contributed by atoms with Crippen LogP contribution in [0.1, 0.15) is 18.3 Å². The number of nitrogens with one attached hydrogen (secondary N) is 3. The van der Waals surface area contributed by atoms with Gasteiger partial charge < -0.3 is 24.5 Å². The van der Waals surface area contributed by atoms with Crippen molar-refractivity contribution in [3.8, 4) is 23.1 Å². The molecule has 0 amide bonds. The second kappa shape index (κ2) is 10.2. The van der Waals surface area contributed by atoms with Crippen LogP contribution in [0.3, 0.4) is 0 Å². The fraction of sp³-hybridized carbons (Fsp3) is 0.316. The number of nitrogens with zero attached hydrogens (tertiary/aromatic N) is 3. The number of ether oxygens (including phenoxy) is 2. The first-order valence-corrected chi connectivity index (χ1v) is 9.18. The summed E-state index contributed by atoms with van der Waals surface area (Å²) in [4.78, 5) is 8.78. The summed E-state index contributed by atoms with van der Waals surface area (Å²) < 4.78 is 40.4. The number of aromatic amines is 1. The number of hydrogen-bond acceptors (Lipinski definition) is 6. The summed E-state index contributed by atoms with van der Waals surface area (Å²) in [6, 6.07) is 8.11. The summed E-state index contributed by atoms with van der Waals surface area (Å²) in [5.41, 5.74) is 0.464. The lowest BCUT2D eigenvalue weighted by atomic mass is 10.2. The summed E-state index contributed by atoms with van der Waals surface area (Å²) in [7, 11) is 1.50. The highest BCUT2D eigenvalue weighted by Crippen LogP contribution is 2.26. The molecular weight excluding hydrogens is 398 g/mol. The fourth-order valence-corrected chi connectivity index (χ4v) is 2.58. The van der Waals surface area contributed by atoms with Gasteiger partial charge in [0.05, 0.1) is 26.5 Å². The third kappa shape index (κ3) is 5.69. The predicted octanol–water partition coefficient (Wildman–Crippen LogP) is 2.93. The number of methoxy groups -OCH3 is 1. The number of guanidine groups is 1. The van der Waals surface area contributed by atoms with Gasteiger partial charge in [-0.3, -0.25) is 5.10 Å². The summed E-state index contributed by atoms with van der Waals surface area (Å²) in [6.45, 7) is 0.0127. The molecule has 1 aromatic carbocycles. The van der Waals surface area contributed by atoms with Crippen molar-refractivity contribution in [3.63, 3.8) is 0 Å². The van der Waals surface area contributed by atoms with E-state index in [4.69, 9.17) is 9.15 Å². The van der Waals surface area contributed by atoms with Crippen LogP contribution in [-0.4, -0.2) is 41.4 Å².